The van der Waals surface area contributed by atoms with Gasteiger partial charge in [0.25, 0.3) is 5.91 Å². The Labute approximate surface area is 141 Å². The molecule has 2 aromatic heterocycles. The molecule has 24 heavy (non-hydrogen) atoms. The number of carbonyl (C=O) groups excluding carboxylic acids is 1. The van der Waals surface area contributed by atoms with E-state index in [1.165, 1.54) is 0 Å². The zero-order valence-electron chi connectivity index (χ0n) is 13.7. The van der Waals surface area contributed by atoms with Gasteiger partial charge < -0.3 is 14.6 Å². The average molecular weight is 323 g/mol. The van der Waals surface area contributed by atoms with E-state index < -0.39 is 0 Å². The van der Waals surface area contributed by atoms with Crippen LogP contribution in [-0.4, -0.2) is 35.7 Å². The van der Waals surface area contributed by atoms with E-state index in [0.717, 1.165) is 29.6 Å². The molecule has 124 valence electrons. The first-order valence-corrected chi connectivity index (χ1v) is 8.04. The molecule has 0 aliphatic heterocycles. The Bertz CT molecular complexity index is 812. The number of aromatic nitrogens is 2. The van der Waals surface area contributed by atoms with Crippen molar-refractivity contribution < 1.29 is 9.53 Å². The monoisotopic (exact) mass is 323 g/mol. The van der Waals surface area contributed by atoms with Crippen LogP contribution in [0.25, 0.3) is 10.9 Å². The number of hydrogen-bond donors (Lipinski definition) is 1. The first-order chi connectivity index (χ1) is 11.8. The van der Waals surface area contributed by atoms with Gasteiger partial charge in [-0.25, -0.2) is 0 Å². The Kier molecular flexibility index (Phi) is 5.23. The minimum absolute atomic E-state index is 0.0579. The lowest BCUT2D eigenvalue weighted by atomic mass is 10.1. The number of benzene rings is 1. The van der Waals surface area contributed by atoms with Crippen LogP contribution in [-0.2, 0) is 17.7 Å². The van der Waals surface area contributed by atoms with Crippen molar-refractivity contribution in [1.82, 2.24) is 14.9 Å². The summed E-state index contributed by atoms with van der Waals surface area (Å²) in [5.74, 6) is -0.0579. The Hall–Kier alpha value is -2.66. The van der Waals surface area contributed by atoms with Crippen molar-refractivity contribution in [2.75, 3.05) is 20.3 Å². The Morgan fingerprint density at radius 2 is 2.17 bits per heavy atom. The SMILES string of the molecule is COCCn1ccc2cc(C(=O)NCCc3ccccn3)ccc21. The second kappa shape index (κ2) is 7.75. The van der Waals surface area contributed by atoms with Crippen LogP contribution in [0.5, 0.6) is 0 Å². The lowest BCUT2D eigenvalue weighted by molar-refractivity contribution is 0.0954. The lowest BCUT2D eigenvalue weighted by Crippen LogP contribution is -2.25. The number of pyridine rings is 1. The minimum atomic E-state index is -0.0579. The predicted octanol–water partition coefficient (Wildman–Crippen LogP) is 2.66. The third-order valence-electron chi connectivity index (χ3n) is 3.96. The van der Waals surface area contributed by atoms with Gasteiger partial charge in [0.1, 0.15) is 0 Å². The molecule has 0 aliphatic rings. The fourth-order valence-electron chi connectivity index (χ4n) is 2.68. The van der Waals surface area contributed by atoms with E-state index in [1.54, 1.807) is 13.3 Å². The summed E-state index contributed by atoms with van der Waals surface area (Å²) in [6, 6.07) is 13.6. The van der Waals surface area contributed by atoms with Crippen LogP contribution in [0.1, 0.15) is 16.1 Å². The average Bonchev–Trinajstić information content (AvgIpc) is 3.03. The predicted molar refractivity (Wildman–Crippen MR) is 94.1 cm³/mol. The molecule has 0 atom stereocenters. The summed E-state index contributed by atoms with van der Waals surface area (Å²) >= 11 is 0. The summed E-state index contributed by atoms with van der Waals surface area (Å²) in [5, 5.41) is 4.01. The van der Waals surface area contributed by atoms with Crippen LogP contribution < -0.4 is 5.32 Å². The number of fused-ring (bicyclic) bond motifs is 1. The first-order valence-electron chi connectivity index (χ1n) is 8.04. The third kappa shape index (κ3) is 3.81. The Morgan fingerprint density at radius 1 is 1.25 bits per heavy atom. The summed E-state index contributed by atoms with van der Waals surface area (Å²) in [6.07, 6.45) is 4.51. The van der Waals surface area contributed by atoms with Crippen molar-refractivity contribution in [2.45, 2.75) is 13.0 Å². The molecule has 0 radical (unpaired) electrons. The van der Waals surface area contributed by atoms with Crippen molar-refractivity contribution in [3.63, 3.8) is 0 Å². The molecule has 5 nitrogen and oxygen atoms in total. The molecule has 3 rings (SSSR count). The number of nitrogens with zero attached hydrogens (tertiary/aromatic N) is 2. The second-order valence-corrected chi connectivity index (χ2v) is 5.60. The minimum Gasteiger partial charge on any atom is -0.383 e. The standard InChI is InChI=1S/C19H21N3O2/c1-24-13-12-22-11-8-15-14-16(5-6-18(15)22)19(23)21-10-7-17-4-2-3-9-20-17/h2-6,8-9,11,14H,7,10,12-13H2,1H3,(H,21,23). The number of carbonyl (C=O) groups is 1. The van der Waals surface area contributed by atoms with E-state index in [9.17, 15) is 4.79 Å². The molecule has 0 spiro atoms. The quantitative estimate of drug-likeness (QED) is 0.727. The number of methoxy groups -OCH3 is 1. The maximum Gasteiger partial charge on any atom is 0.251 e. The smallest absolute Gasteiger partial charge is 0.251 e. The number of ether oxygens (including phenoxy) is 1. The Morgan fingerprint density at radius 3 is 2.96 bits per heavy atom. The van der Waals surface area contributed by atoms with E-state index >= 15 is 0 Å². The number of rotatable bonds is 7. The summed E-state index contributed by atoms with van der Waals surface area (Å²) in [5.41, 5.74) is 2.76. The van der Waals surface area contributed by atoms with Gasteiger partial charge in [0.2, 0.25) is 0 Å². The van der Waals surface area contributed by atoms with Crippen LogP contribution >= 0.6 is 0 Å². The van der Waals surface area contributed by atoms with Crippen LogP contribution in [0.15, 0.2) is 54.9 Å². The molecule has 0 aliphatic carbocycles. The van der Waals surface area contributed by atoms with Crippen molar-refractivity contribution in [3.05, 3.63) is 66.1 Å². The summed E-state index contributed by atoms with van der Waals surface area (Å²) in [4.78, 5) is 16.6. The number of hydrogen-bond acceptors (Lipinski definition) is 3. The van der Waals surface area contributed by atoms with Crippen molar-refractivity contribution in [1.29, 1.82) is 0 Å². The van der Waals surface area contributed by atoms with Crippen LogP contribution in [0.3, 0.4) is 0 Å². The van der Waals surface area contributed by atoms with Crippen LogP contribution in [0.2, 0.25) is 0 Å². The van der Waals surface area contributed by atoms with Gasteiger partial charge in [-0.2, -0.15) is 0 Å². The maximum atomic E-state index is 12.3. The lowest BCUT2D eigenvalue weighted by Gasteiger charge is -2.07. The van der Waals surface area contributed by atoms with Crippen molar-refractivity contribution >= 4 is 16.8 Å². The molecular formula is C19H21N3O2. The highest BCUT2D eigenvalue weighted by Crippen LogP contribution is 2.17. The highest BCUT2D eigenvalue weighted by molar-refractivity contribution is 5.98. The van der Waals surface area contributed by atoms with Crippen molar-refractivity contribution in [2.24, 2.45) is 0 Å². The van der Waals surface area contributed by atoms with E-state index in [-0.39, 0.29) is 5.91 Å². The topological polar surface area (TPSA) is 56.1 Å². The molecule has 5 heteroatoms. The van der Waals surface area contributed by atoms with E-state index in [2.05, 4.69) is 14.9 Å². The van der Waals surface area contributed by atoms with Gasteiger partial charge in [-0.3, -0.25) is 9.78 Å². The molecule has 1 N–H and O–H groups in total. The largest absolute Gasteiger partial charge is 0.383 e. The first kappa shape index (κ1) is 16.2. The molecule has 1 amide bonds. The fourth-order valence-corrected chi connectivity index (χ4v) is 2.68. The zero-order chi connectivity index (χ0) is 16.8. The molecule has 3 aromatic rings. The molecule has 2 heterocycles. The second-order valence-electron chi connectivity index (χ2n) is 5.60. The molecule has 0 saturated carbocycles. The highest BCUT2D eigenvalue weighted by atomic mass is 16.5. The van der Waals surface area contributed by atoms with E-state index in [0.29, 0.717) is 18.7 Å². The molecule has 0 bridgehead atoms. The molecule has 0 unspecified atom stereocenters. The summed E-state index contributed by atoms with van der Waals surface area (Å²) < 4.78 is 7.24. The zero-order valence-corrected chi connectivity index (χ0v) is 13.7. The van der Waals surface area contributed by atoms with E-state index in [4.69, 9.17) is 4.74 Å². The number of amides is 1. The van der Waals surface area contributed by atoms with Gasteiger partial charge >= 0.3 is 0 Å². The van der Waals surface area contributed by atoms with Gasteiger partial charge in [0.15, 0.2) is 0 Å². The highest BCUT2D eigenvalue weighted by Gasteiger charge is 2.08. The third-order valence-corrected chi connectivity index (χ3v) is 3.96. The molecule has 0 saturated heterocycles. The fraction of sp³-hybridized carbons (Fsp3) is 0.263. The number of nitrogens with one attached hydrogen (secondary N) is 1. The molecule has 1 aromatic carbocycles. The van der Waals surface area contributed by atoms with Crippen molar-refractivity contribution in [3.8, 4) is 0 Å². The van der Waals surface area contributed by atoms with Gasteiger partial charge in [0, 0.05) is 61.2 Å². The Balaban J connectivity index is 1.62. The summed E-state index contributed by atoms with van der Waals surface area (Å²) in [6.45, 7) is 2.04. The van der Waals surface area contributed by atoms with Crippen LogP contribution in [0.4, 0.5) is 0 Å². The van der Waals surface area contributed by atoms with Gasteiger partial charge in [-0.15, -0.1) is 0 Å². The van der Waals surface area contributed by atoms with Gasteiger partial charge in [-0.05, 0) is 36.4 Å². The van der Waals surface area contributed by atoms with E-state index in [1.807, 2.05) is 48.7 Å². The van der Waals surface area contributed by atoms with Crippen LogP contribution in [0, 0.1) is 0 Å². The molecule has 0 fully saturated rings. The normalized spacial score (nSPS) is 10.9. The summed E-state index contributed by atoms with van der Waals surface area (Å²) in [7, 11) is 1.69. The van der Waals surface area contributed by atoms with Gasteiger partial charge in [-0.1, -0.05) is 6.07 Å². The van der Waals surface area contributed by atoms with Gasteiger partial charge in [0.05, 0.1) is 6.61 Å². The molecular weight excluding hydrogens is 302 g/mol. The maximum absolute atomic E-state index is 12.3.